The number of carbonyl (C=O) groups excluding carboxylic acids is 1. The van der Waals surface area contributed by atoms with Crippen LogP contribution in [0.15, 0.2) is 0 Å². The second-order valence-corrected chi connectivity index (χ2v) is 4.99. The van der Waals surface area contributed by atoms with E-state index in [1.807, 2.05) is 0 Å². The summed E-state index contributed by atoms with van der Waals surface area (Å²) in [5.41, 5.74) is 0.236. The van der Waals surface area contributed by atoms with Crippen LogP contribution in [0, 0.1) is 5.41 Å². The SMILES string of the molecule is COC(=O)CN1CC2(CCN(C(=O)O)CC2)C1. The number of carboxylic acid groups (broad SMARTS) is 1. The van der Waals surface area contributed by atoms with Crippen LogP contribution < -0.4 is 0 Å². The lowest BCUT2D eigenvalue weighted by Gasteiger charge is -2.53. The highest BCUT2D eigenvalue weighted by Gasteiger charge is 2.45. The Morgan fingerprint density at radius 1 is 1.29 bits per heavy atom. The number of carbonyl (C=O) groups is 2. The minimum atomic E-state index is -0.828. The first-order valence-corrected chi connectivity index (χ1v) is 5.82. The summed E-state index contributed by atoms with van der Waals surface area (Å²) in [6.07, 6.45) is 0.971. The van der Waals surface area contributed by atoms with Crippen molar-refractivity contribution < 1.29 is 19.4 Å². The zero-order valence-corrected chi connectivity index (χ0v) is 10.0. The standard InChI is InChI=1S/C11H18N2O4/c1-17-9(14)6-12-7-11(8-12)2-4-13(5-3-11)10(15)16/h2-8H2,1H3,(H,15,16). The van der Waals surface area contributed by atoms with Crippen molar-refractivity contribution in [3.63, 3.8) is 0 Å². The number of rotatable bonds is 2. The number of likely N-dealkylation sites (tertiary alicyclic amines) is 2. The summed E-state index contributed by atoms with van der Waals surface area (Å²) in [6.45, 7) is 3.34. The third-order valence-corrected chi connectivity index (χ3v) is 3.79. The van der Waals surface area contributed by atoms with Crippen molar-refractivity contribution in [3.05, 3.63) is 0 Å². The molecule has 0 aromatic heterocycles. The Morgan fingerprint density at radius 3 is 2.35 bits per heavy atom. The number of amides is 1. The van der Waals surface area contributed by atoms with Crippen LogP contribution in [0.25, 0.3) is 0 Å². The molecule has 0 aliphatic carbocycles. The zero-order chi connectivity index (χ0) is 12.5. The van der Waals surface area contributed by atoms with Gasteiger partial charge in [0.15, 0.2) is 0 Å². The van der Waals surface area contributed by atoms with Crippen LogP contribution in [0.2, 0.25) is 0 Å². The molecule has 2 aliphatic heterocycles. The Hall–Kier alpha value is -1.30. The lowest BCUT2D eigenvalue weighted by molar-refractivity contribution is -0.146. The van der Waals surface area contributed by atoms with E-state index in [2.05, 4.69) is 9.64 Å². The van der Waals surface area contributed by atoms with E-state index < -0.39 is 6.09 Å². The Bertz CT molecular complexity index is 315. The second kappa shape index (κ2) is 4.52. The largest absolute Gasteiger partial charge is 0.468 e. The first-order chi connectivity index (χ1) is 8.04. The molecule has 2 saturated heterocycles. The van der Waals surface area contributed by atoms with Crippen LogP contribution in [-0.4, -0.2) is 66.8 Å². The molecule has 17 heavy (non-hydrogen) atoms. The van der Waals surface area contributed by atoms with Crippen molar-refractivity contribution in [1.29, 1.82) is 0 Å². The molecule has 6 nitrogen and oxygen atoms in total. The number of hydrogen-bond acceptors (Lipinski definition) is 4. The van der Waals surface area contributed by atoms with E-state index in [4.69, 9.17) is 5.11 Å². The molecule has 0 saturated carbocycles. The molecule has 1 N–H and O–H groups in total. The molecule has 0 atom stereocenters. The van der Waals surface area contributed by atoms with Crippen LogP contribution in [0.1, 0.15) is 12.8 Å². The maximum Gasteiger partial charge on any atom is 0.407 e. The molecule has 2 rings (SSSR count). The average Bonchev–Trinajstić information content (AvgIpc) is 2.27. The second-order valence-electron chi connectivity index (χ2n) is 4.99. The lowest BCUT2D eigenvalue weighted by Crippen LogP contribution is -2.61. The fraction of sp³-hybridized carbons (Fsp3) is 0.818. The number of nitrogens with zero attached hydrogens (tertiary/aromatic N) is 2. The summed E-state index contributed by atoms with van der Waals surface area (Å²) in [5, 5.41) is 8.86. The van der Waals surface area contributed by atoms with Gasteiger partial charge in [-0.05, 0) is 18.3 Å². The quantitative estimate of drug-likeness (QED) is 0.702. The fourth-order valence-electron chi connectivity index (χ4n) is 2.75. The van der Waals surface area contributed by atoms with Crippen molar-refractivity contribution >= 4 is 12.1 Å². The van der Waals surface area contributed by atoms with Crippen molar-refractivity contribution in [2.45, 2.75) is 12.8 Å². The van der Waals surface area contributed by atoms with Crippen LogP contribution >= 0.6 is 0 Å². The van der Waals surface area contributed by atoms with Crippen LogP contribution in [-0.2, 0) is 9.53 Å². The highest BCUT2D eigenvalue weighted by atomic mass is 16.5. The average molecular weight is 242 g/mol. The summed E-state index contributed by atoms with van der Waals surface area (Å²) in [4.78, 5) is 25.4. The summed E-state index contributed by atoms with van der Waals surface area (Å²) in [7, 11) is 1.39. The third-order valence-electron chi connectivity index (χ3n) is 3.79. The van der Waals surface area contributed by atoms with Crippen molar-refractivity contribution in [3.8, 4) is 0 Å². The molecule has 2 heterocycles. The van der Waals surface area contributed by atoms with Crippen LogP contribution in [0.3, 0.4) is 0 Å². The predicted molar refractivity (Wildman–Crippen MR) is 59.7 cm³/mol. The molecule has 6 heteroatoms. The van der Waals surface area contributed by atoms with Crippen LogP contribution in [0.4, 0.5) is 4.79 Å². The first kappa shape index (κ1) is 12.2. The van der Waals surface area contributed by atoms with E-state index in [9.17, 15) is 9.59 Å². The Morgan fingerprint density at radius 2 is 1.88 bits per heavy atom. The van der Waals surface area contributed by atoms with Gasteiger partial charge in [0.05, 0.1) is 13.7 Å². The van der Waals surface area contributed by atoms with Crippen molar-refractivity contribution in [2.24, 2.45) is 5.41 Å². The number of hydrogen-bond donors (Lipinski definition) is 1. The monoisotopic (exact) mass is 242 g/mol. The summed E-state index contributed by atoms with van der Waals surface area (Å²) in [5.74, 6) is -0.206. The number of methoxy groups -OCH3 is 1. The van der Waals surface area contributed by atoms with E-state index in [-0.39, 0.29) is 11.4 Å². The molecule has 1 spiro atoms. The van der Waals surface area contributed by atoms with E-state index in [1.54, 1.807) is 0 Å². The summed E-state index contributed by atoms with van der Waals surface area (Å²) < 4.78 is 4.61. The van der Waals surface area contributed by atoms with Gasteiger partial charge >= 0.3 is 12.1 Å². The molecular weight excluding hydrogens is 224 g/mol. The smallest absolute Gasteiger partial charge is 0.407 e. The number of piperidine rings is 1. The first-order valence-electron chi connectivity index (χ1n) is 5.82. The molecule has 0 aromatic carbocycles. The van der Waals surface area contributed by atoms with Gasteiger partial charge in [-0.15, -0.1) is 0 Å². The van der Waals surface area contributed by atoms with Gasteiger partial charge in [-0.1, -0.05) is 0 Å². The van der Waals surface area contributed by atoms with E-state index in [0.29, 0.717) is 19.6 Å². The van der Waals surface area contributed by atoms with Gasteiger partial charge in [-0.25, -0.2) is 4.79 Å². The number of esters is 1. The predicted octanol–water partition coefficient (Wildman–Crippen LogP) is 0.235. The normalized spacial score (nSPS) is 23.2. The molecule has 2 fully saturated rings. The van der Waals surface area contributed by atoms with Gasteiger partial charge in [-0.3, -0.25) is 9.69 Å². The molecule has 0 unspecified atom stereocenters. The minimum absolute atomic E-state index is 0.206. The van der Waals surface area contributed by atoms with Gasteiger partial charge in [-0.2, -0.15) is 0 Å². The van der Waals surface area contributed by atoms with E-state index in [1.165, 1.54) is 12.0 Å². The lowest BCUT2D eigenvalue weighted by atomic mass is 9.72. The van der Waals surface area contributed by atoms with Crippen molar-refractivity contribution in [1.82, 2.24) is 9.80 Å². The molecule has 0 bridgehead atoms. The fourth-order valence-corrected chi connectivity index (χ4v) is 2.75. The highest BCUT2D eigenvalue weighted by Crippen LogP contribution is 2.40. The van der Waals surface area contributed by atoms with Gasteiger partial charge in [0, 0.05) is 26.2 Å². The van der Waals surface area contributed by atoms with E-state index in [0.717, 1.165) is 25.9 Å². The summed E-state index contributed by atoms with van der Waals surface area (Å²) in [6, 6.07) is 0. The molecule has 1 amide bonds. The Kier molecular flexibility index (Phi) is 3.24. The number of ether oxygens (including phenoxy) is 1. The molecule has 0 radical (unpaired) electrons. The van der Waals surface area contributed by atoms with Crippen molar-refractivity contribution in [2.75, 3.05) is 39.8 Å². The minimum Gasteiger partial charge on any atom is -0.468 e. The van der Waals surface area contributed by atoms with E-state index >= 15 is 0 Å². The third kappa shape index (κ3) is 2.52. The van der Waals surface area contributed by atoms with Gasteiger partial charge in [0.25, 0.3) is 0 Å². The zero-order valence-electron chi connectivity index (χ0n) is 10.0. The Balaban J connectivity index is 1.76. The van der Waals surface area contributed by atoms with Gasteiger partial charge < -0.3 is 14.7 Å². The molecule has 0 aromatic rings. The highest BCUT2D eigenvalue weighted by molar-refractivity contribution is 5.71. The van der Waals surface area contributed by atoms with Crippen LogP contribution in [0.5, 0.6) is 0 Å². The molecular formula is C11H18N2O4. The summed E-state index contributed by atoms with van der Waals surface area (Å²) >= 11 is 0. The Labute approximate surface area is 100 Å². The van der Waals surface area contributed by atoms with Gasteiger partial charge in [0.1, 0.15) is 0 Å². The maximum atomic E-state index is 11.1. The maximum absolute atomic E-state index is 11.1. The van der Waals surface area contributed by atoms with Gasteiger partial charge in [0.2, 0.25) is 0 Å². The topological polar surface area (TPSA) is 70.1 Å². The molecule has 2 aliphatic rings. The molecule has 96 valence electrons.